The van der Waals surface area contributed by atoms with E-state index in [4.69, 9.17) is 22.0 Å². The predicted molar refractivity (Wildman–Crippen MR) is 126 cm³/mol. The second-order valence-electron chi connectivity index (χ2n) is 6.52. The van der Waals surface area contributed by atoms with Crippen molar-refractivity contribution in [2.45, 2.75) is 19.3 Å². The van der Waals surface area contributed by atoms with Crippen molar-refractivity contribution in [3.63, 3.8) is 0 Å². The Morgan fingerprint density at radius 1 is 1.00 bits per heavy atom. The minimum absolute atomic E-state index is 0.0846. The SMILES string of the molecule is N=C(NCCCCc1ccc(C(=O)NCCO)cc1)NC(=O)c1nc(I)c(N)nc1N. The highest BCUT2D eigenvalue weighted by atomic mass is 127. The molecule has 2 aromatic rings. The van der Waals surface area contributed by atoms with Crippen LogP contribution in [0, 0.1) is 9.11 Å². The molecule has 12 heteroatoms. The summed E-state index contributed by atoms with van der Waals surface area (Å²) >= 11 is 1.85. The van der Waals surface area contributed by atoms with Crippen LogP contribution in [0.5, 0.6) is 0 Å². The number of nitrogens with two attached hydrogens (primary N) is 2. The van der Waals surface area contributed by atoms with Gasteiger partial charge >= 0.3 is 0 Å². The number of rotatable bonds is 9. The number of guanidine groups is 1. The zero-order valence-corrected chi connectivity index (χ0v) is 18.9. The second kappa shape index (κ2) is 12.0. The van der Waals surface area contributed by atoms with Gasteiger partial charge in [0.1, 0.15) is 3.70 Å². The Morgan fingerprint density at radius 3 is 2.39 bits per heavy atom. The Hall–Kier alpha value is -3.00. The third-order valence-electron chi connectivity index (χ3n) is 4.17. The van der Waals surface area contributed by atoms with Crippen LogP contribution >= 0.6 is 22.6 Å². The molecule has 166 valence electrons. The van der Waals surface area contributed by atoms with E-state index in [1.165, 1.54) is 0 Å². The van der Waals surface area contributed by atoms with Crippen LogP contribution in [0.25, 0.3) is 0 Å². The van der Waals surface area contributed by atoms with Crippen molar-refractivity contribution in [3.8, 4) is 0 Å². The molecule has 2 rings (SSSR count). The predicted octanol–water partition coefficient (Wildman–Crippen LogP) is 0.245. The van der Waals surface area contributed by atoms with E-state index in [-0.39, 0.29) is 42.3 Å². The Morgan fingerprint density at radius 2 is 1.71 bits per heavy atom. The maximum Gasteiger partial charge on any atom is 0.280 e. The van der Waals surface area contributed by atoms with Gasteiger partial charge in [-0.3, -0.25) is 20.3 Å². The number of hydrogen-bond donors (Lipinski definition) is 7. The molecular formula is C19H25IN8O3. The van der Waals surface area contributed by atoms with Gasteiger partial charge in [-0.25, -0.2) is 9.97 Å². The van der Waals surface area contributed by atoms with Crippen molar-refractivity contribution in [3.05, 3.63) is 44.8 Å². The quantitative estimate of drug-likeness (QED) is 0.102. The molecule has 2 amide bonds. The number of aromatic nitrogens is 2. The van der Waals surface area contributed by atoms with Gasteiger partial charge in [-0.05, 0) is 59.5 Å². The van der Waals surface area contributed by atoms with Crippen LogP contribution in [0.4, 0.5) is 11.6 Å². The average Bonchev–Trinajstić information content (AvgIpc) is 2.74. The normalized spacial score (nSPS) is 10.4. The number of hydrogen-bond acceptors (Lipinski definition) is 8. The fourth-order valence-electron chi connectivity index (χ4n) is 2.59. The number of amides is 2. The number of aryl methyl sites for hydroxylation is 1. The van der Waals surface area contributed by atoms with E-state index in [0.29, 0.717) is 15.8 Å². The van der Waals surface area contributed by atoms with E-state index >= 15 is 0 Å². The molecule has 1 aromatic heterocycles. The van der Waals surface area contributed by atoms with E-state index in [0.717, 1.165) is 24.8 Å². The molecule has 0 unspecified atom stereocenters. The molecule has 9 N–H and O–H groups in total. The van der Waals surface area contributed by atoms with Crippen molar-refractivity contribution in [2.75, 3.05) is 31.2 Å². The summed E-state index contributed by atoms with van der Waals surface area (Å²) in [5.41, 5.74) is 12.8. The smallest absolute Gasteiger partial charge is 0.280 e. The van der Waals surface area contributed by atoms with Gasteiger partial charge in [-0.1, -0.05) is 12.1 Å². The summed E-state index contributed by atoms with van der Waals surface area (Å²) < 4.78 is 0.357. The number of nitrogens with one attached hydrogen (secondary N) is 4. The van der Waals surface area contributed by atoms with E-state index in [9.17, 15) is 9.59 Å². The number of nitrogens with zero attached hydrogens (tertiary/aromatic N) is 2. The zero-order chi connectivity index (χ0) is 22.8. The highest BCUT2D eigenvalue weighted by Crippen LogP contribution is 2.14. The molecule has 0 bridgehead atoms. The molecule has 0 radical (unpaired) electrons. The standard InChI is InChI=1S/C19H25IN8O3/c20-14-16(22)27-15(21)13(26-14)18(31)28-19(23)25-8-2-1-3-11-4-6-12(7-5-11)17(30)24-9-10-29/h4-7,29H,1-3,8-10H2,(H,24,30)(H4,21,22,27)(H3,23,25,28,31). The average molecular weight is 540 g/mol. The van der Waals surface area contributed by atoms with Gasteiger partial charge in [-0.2, -0.15) is 0 Å². The van der Waals surface area contributed by atoms with Crippen LogP contribution in [0.2, 0.25) is 0 Å². The first-order chi connectivity index (χ1) is 14.8. The molecule has 0 saturated heterocycles. The summed E-state index contributed by atoms with van der Waals surface area (Å²) in [5.74, 6) is -0.964. The van der Waals surface area contributed by atoms with Crippen LogP contribution in [-0.2, 0) is 6.42 Å². The van der Waals surface area contributed by atoms with Gasteiger partial charge in [0.25, 0.3) is 11.8 Å². The van der Waals surface area contributed by atoms with Crippen molar-refractivity contribution in [2.24, 2.45) is 0 Å². The highest BCUT2D eigenvalue weighted by molar-refractivity contribution is 14.1. The maximum absolute atomic E-state index is 12.2. The number of benzene rings is 1. The molecule has 31 heavy (non-hydrogen) atoms. The van der Waals surface area contributed by atoms with Crippen LogP contribution in [0.3, 0.4) is 0 Å². The van der Waals surface area contributed by atoms with E-state index in [1.807, 2.05) is 34.7 Å². The molecule has 1 heterocycles. The molecular weight excluding hydrogens is 515 g/mol. The molecule has 0 aliphatic heterocycles. The Balaban J connectivity index is 1.69. The lowest BCUT2D eigenvalue weighted by Gasteiger charge is -2.10. The fourth-order valence-corrected chi connectivity index (χ4v) is 2.95. The molecule has 0 spiro atoms. The van der Waals surface area contributed by atoms with E-state index < -0.39 is 5.91 Å². The molecule has 11 nitrogen and oxygen atoms in total. The summed E-state index contributed by atoms with van der Waals surface area (Å²) in [6, 6.07) is 7.28. The Labute approximate surface area is 193 Å². The summed E-state index contributed by atoms with van der Waals surface area (Å²) in [4.78, 5) is 31.8. The number of halogens is 1. The first-order valence-electron chi connectivity index (χ1n) is 9.52. The second-order valence-corrected chi connectivity index (χ2v) is 7.54. The summed E-state index contributed by atoms with van der Waals surface area (Å²) in [6.45, 7) is 0.631. The van der Waals surface area contributed by atoms with E-state index in [1.54, 1.807) is 12.1 Å². The molecule has 0 aliphatic carbocycles. The van der Waals surface area contributed by atoms with Gasteiger partial charge in [0, 0.05) is 18.7 Å². The van der Waals surface area contributed by atoms with Crippen molar-refractivity contribution in [1.82, 2.24) is 25.9 Å². The van der Waals surface area contributed by atoms with Gasteiger partial charge < -0.3 is 27.2 Å². The lowest BCUT2D eigenvalue weighted by Crippen LogP contribution is -2.41. The van der Waals surface area contributed by atoms with Gasteiger partial charge in [0.2, 0.25) is 0 Å². The summed E-state index contributed by atoms with van der Waals surface area (Å²) in [6.07, 6.45) is 2.45. The number of carbonyl (C=O) groups is 2. The van der Waals surface area contributed by atoms with E-state index in [2.05, 4.69) is 25.9 Å². The summed E-state index contributed by atoms with van der Waals surface area (Å²) in [5, 5.41) is 24.4. The first kappa shape index (κ1) is 24.3. The topological polar surface area (TPSA) is 192 Å². The van der Waals surface area contributed by atoms with Gasteiger partial charge in [-0.15, -0.1) is 0 Å². The first-order valence-corrected chi connectivity index (χ1v) is 10.6. The number of carbonyl (C=O) groups excluding carboxylic acids is 2. The number of nitrogen functional groups attached to an aromatic ring is 2. The number of aliphatic hydroxyl groups excluding tert-OH is 1. The molecule has 0 fully saturated rings. The van der Waals surface area contributed by atoms with Gasteiger partial charge in [0.15, 0.2) is 23.3 Å². The molecule has 0 atom stereocenters. The maximum atomic E-state index is 12.2. The monoisotopic (exact) mass is 540 g/mol. The molecule has 0 aliphatic rings. The number of anilines is 2. The van der Waals surface area contributed by atoms with Crippen molar-refractivity contribution >= 4 is 52.0 Å². The zero-order valence-electron chi connectivity index (χ0n) is 16.7. The van der Waals surface area contributed by atoms with Crippen molar-refractivity contribution < 1.29 is 14.7 Å². The lowest BCUT2D eigenvalue weighted by molar-refractivity contribution is 0.0942. The fraction of sp³-hybridized carbons (Fsp3) is 0.316. The molecule has 0 saturated carbocycles. The van der Waals surface area contributed by atoms with Crippen molar-refractivity contribution in [1.29, 1.82) is 5.41 Å². The summed E-state index contributed by atoms with van der Waals surface area (Å²) in [7, 11) is 0. The van der Waals surface area contributed by atoms with Crippen LogP contribution in [-0.4, -0.2) is 52.5 Å². The highest BCUT2D eigenvalue weighted by Gasteiger charge is 2.16. The minimum Gasteiger partial charge on any atom is -0.395 e. The van der Waals surface area contributed by atoms with Crippen LogP contribution in [0.1, 0.15) is 39.3 Å². The minimum atomic E-state index is -0.636. The van der Waals surface area contributed by atoms with Gasteiger partial charge in [0.05, 0.1) is 6.61 Å². The third kappa shape index (κ3) is 7.64. The van der Waals surface area contributed by atoms with Crippen LogP contribution < -0.4 is 27.4 Å². The number of unbranched alkanes of at least 4 members (excludes halogenated alkanes) is 1. The number of aliphatic hydroxyl groups is 1. The Kier molecular flexibility index (Phi) is 9.40. The lowest BCUT2D eigenvalue weighted by atomic mass is 10.1. The van der Waals surface area contributed by atoms with Crippen LogP contribution in [0.15, 0.2) is 24.3 Å². The Bertz CT molecular complexity index is 936. The largest absolute Gasteiger partial charge is 0.395 e. The molecule has 1 aromatic carbocycles. The third-order valence-corrected chi connectivity index (χ3v) is 4.96.